The molecule has 0 aliphatic carbocycles. The van der Waals surface area contributed by atoms with Gasteiger partial charge in [-0.1, -0.05) is 19.8 Å². The molecule has 0 bridgehead atoms. The van der Waals surface area contributed by atoms with Gasteiger partial charge in [0.1, 0.15) is 6.04 Å². The number of methoxy groups -OCH3 is 1. The second-order valence-corrected chi connectivity index (χ2v) is 3.86. The number of hydrogen-bond donors (Lipinski definition) is 0. The molecule has 0 radical (unpaired) electrons. The molecule has 0 spiro atoms. The third-order valence-corrected chi connectivity index (χ3v) is 2.76. The van der Waals surface area contributed by atoms with Gasteiger partial charge >= 0.3 is 5.97 Å². The molecule has 0 saturated carbocycles. The first-order chi connectivity index (χ1) is 7.29. The van der Waals surface area contributed by atoms with Crippen LogP contribution in [0.2, 0.25) is 0 Å². The predicted molar refractivity (Wildman–Crippen MR) is 57.7 cm³/mol. The highest BCUT2D eigenvalue weighted by Gasteiger charge is 2.29. The first-order valence-electron chi connectivity index (χ1n) is 5.69. The fourth-order valence-corrected chi connectivity index (χ4v) is 1.82. The summed E-state index contributed by atoms with van der Waals surface area (Å²) in [5, 5.41) is 0. The van der Waals surface area contributed by atoms with Crippen molar-refractivity contribution >= 4 is 5.97 Å². The molecule has 0 aromatic rings. The van der Waals surface area contributed by atoms with E-state index in [4.69, 9.17) is 9.47 Å². The van der Waals surface area contributed by atoms with Gasteiger partial charge < -0.3 is 9.47 Å². The Balaban J connectivity index is 2.39. The van der Waals surface area contributed by atoms with E-state index in [0.717, 1.165) is 26.1 Å². The third-order valence-electron chi connectivity index (χ3n) is 2.76. The van der Waals surface area contributed by atoms with Gasteiger partial charge in [0.2, 0.25) is 0 Å². The van der Waals surface area contributed by atoms with Gasteiger partial charge in [-0.2, -0.15) is 0 Å². The molecule has 1 heterocycles. The van der Waals surface area contributed by atoms with Crippen molar-refractivity contribution in [2.45, 2.75) is 32.2 Å². The Morgan fingerprint density at radius 3 is 3.00 bits per heavy atom. The van der Waals surface area contributed by atoms with Crippen molar-refractivity contribution in [1.82, 2.24) is 4.90 Å². The van der Waals surface area contributed by atoms with Gasteiger partial charge in [0.25, 0.3) is 0 Å². The van der Waals surface area contributed by atoms with Gasteiger partial charge in [-0.15, -0.1) is 0 Å². The van der Waals surface area contributed by atoms with E-state index in [1.165, 1.54) is 20.0 Å². The Kier molecular flexibility index (Phi) is 5.65. The zero-order valence-corrected chi connectivity index (χ0v) is 9.70. The van der Waals surface area contributed by atoms with E-state index in [1.807, 2.05) is 0 Å². The Hall–Kier alpha value is -0.610. The SMILES string of the molecule is CCCCCN1CCOCC1C(=O)OC. The quantitative estimate of drug-likeness (QED) is 0.507. The molecular formula is C11H21NO3. The van der Waals surface area contributed by atoms with E-state index in [1.54, 1.807) is 0 Å². The fourth-order valence-electron chi connectivity index (χ4n) is 1.82. The summed E-state index contributed by atoms with van der Waals surface area (Å²) in [7, 11) is 1.43. The topological polar surface area (TPSA) is 38.8 Å². The minimum atomic E-state index is -0.194. The Morgan fingerprint density at radius 1 is 1.53 bits per heavy atom. The normalized spacial score (nSPS) is 22.7. The van der Waals surface area contributed by atoms with Crippen molar-refractivity contribution in [3.63, 3.8) is 0 Å². The molecule has 4 nitrogen and oxygen atoms in total. The number of unbranched alkanes of at least 4 members (excludes halogenated alkanes) is 2. The molecule has 1 atom stereocenters. The second kappa shape index (κ2) is 6.80. The highest BCUT2D eigenvalue weighted by atomic mass is 16.5. The highest BCUT2D eigenvalue weighted by Crippen LogP contribution is 2.10. The zero-order chi connectivity index (χ0) is 11.1. The van der Waals surface area contributed by atoms with Gasteiger partial charge in [-0.25, -0.2) is 0 Å². The molecule has 1 fully saturated rings. The molecule has 1 aliphatic rings. The van der Waals surface area contributed by atoms with Crippen molar-refractivity contribution in [3.05, 3.63) is 0 Å². The van der Waals surface area contributed by atoms with Crippen molar-refractivity contribution in [2.24, 2.45) is 0 Å². The maximum absolute atomic E-state index is 11.5. The molecule has 0 aromatic heterocycles. The molecular weight excluding hydrogens is 194 g/mol. The van der Waals surface area contributed by atoms with Crippen LogP contribution >= 0.6 is 0 Å². The molecule has 1 saturated heterocycles. The van der Waals surface area contributed by atoms with Crippen LogP contribution in [0.25, 0.3) is 0 Å². The smallest absolute Gasteiger partial charge is 0.325 e. The maximum Gasteiger partial charge on any atom is 0.325 e. The molecule has 0 N–H and O–H groups in total. The van der Waals surface area contributed by atoms with Crippen LogP contribution in [0.5, 0.6) is 0 Å². The average molecular weight is 215 g/mol. The summed E-state index contributed by atoms with van der Waals surface area (Å²) in [4.78, 5) is 13.6. The summed E-state index contributed by atoms with van der Waals surface area (Å²) in [6.45, 7) is 5.18. The maximum atomic E-state index is 11.5. The number of carbonyl (C=O) groups is 1. The van der Waals surface area contributed by atoms with Crippen LogP contribution in [0.15, 0.2) is 0 Å². The predicted octanol–water partition coefficient (Wildman–Crippen LogP) is 1.05. The summed E-state index contributed by atoms with van der Waals surface area (Å²) in [5.74, 6) is -0.175. The lowest BCUT2D eigenvalue weighted by molar-refractivity contribution is -0.153. The van der Waals surface area contributed by atoms with Gasteiger partial charge in [0.05, 0.1) is 20.3 Å². The van der Waals surface area contributed by atoms with Crippen LogP contribution < -0.4 is 0 Å². The lowest BCUT2D eigenvalue weighted by atomic mass is 10.2. The minimum absolute atomic E-state index is 0.175. The summed E-state index contributed by atoms with van der Waals surface area (Å²) < 4.78 is 10.1. The summed E-state index contributed by atoms with van der Waals surface area (Å²) >= 11 is 0. The van der Waals surface area contributed by atoms with Crippen molar-refractivity contribution < 1.29 is 14.3 Å². The third kappa shape index (κ3) is 3.80. The van der Waals surface area contributed by atoms with Crippen LogP contribution in [0.3, 0.4) is 0 Å². The number of morpholine rings is 1. The summed E-state index contributed by atoms with van der Waals surface area (Å²) in [6.07, 6.45) is 3.56. The van der Waals surface area contributed by atoms with Crippen molar-refractivity contribution in [2.75, 3.05) is 33.4 Å². The van der Waals surface area contributed by atoms with E-state index in [2.05, 4.69) is 11.8 Å². The molecule has 0 aromatic carbocycles. The minimum Gasteiger partial charge on any atom is -0.468 e. The van der Waals surface area contributed by atoms with Gasteiger partial charge in [-0.05, 0) is 13.0 Å². The molecule has 15 heavy (non-hydrogen) atoms. The largest absolute Gasteiger partial charge is 0.468 e. The summed E-state index contributed by atoms with van der Waals surface area (Å²) in [5.41, 5.74) is 0. The molecule has 4 heteroatoms. The number of esters is 1. The monoisotopic (exact) mass is 215 g/mol. The van der Waals surface area contributed by atoms with Crippen molar-refractivity contribution in [3.8, 4) is 0 Å². The highest BCUT2D eigenvalue weighted by molar-refractivity contribution is 5.75. The van der Waals surface area contributed by atoms with Crippen LogP contribution in [0, 0.1) is 0 Å². The van der Waals surface area contributed by atoms with E-state index in [9.17, 15) is 4.79 Å². The lowest BCUT2D eigenvalue weighted by Gasteiger charge is -2.33. The van der Waals surface area contributed by atoms with Crippen LogP contribution in [-0.4, -0.2) is 50.3 Å². The van der Waals surface area contributed by atoms with E-state index in [0.29, 0.717) is 6.61 Å². The molecule has 1 rings (SSSR count). The van der Waals surface area contributed by atoms with E-state index >= 15 is 0 Å². The average Bonchev–Trinajstić information content (AvgIpc) is 2.29. The number of hydrogen-bond acceptors (Lipinski definition) is 4. The van der Waals surface area contributed by atoms with Gasteiger partial charge in [0, 0.05) is 6.54 Å². The molecule has 0 amide bonds. The van der Waals surface area contributed by atoms with Crippen LogP contribution in [0.4, 0.5) is 0 Å². The summed E-state index contributed by atoms with van der Waals surface area (Å²) in [6, 6.07) is -0.194. The number of rotatable bonds is 5. The lowest BCUT2D eigenvalue weighted by Crippen LogP contribution is -2.50. The van der Waals surface area contributed by atoms with E-state index < -0.39 is 0 Å². The van der Waals surface area contributed by atoms with Gasteiger partial charge in [-0.3, -0.25) is 9.69 Å². The Bertz CT molecular complexity index is 196. The first-order valence-corrected chi connectivity index (χ1v) is 5.69. The standard InChI is InChI=1S/C11H21NO3/c1-3-4-5-6-12-7-8-15-9-10(12)11(13)14-2/h10H,3-9H2,1-2H3. The van der Waals surface area contributed by atoms with Crippen LogP contribution in [-0.2, 0) is 14.3 Å². The molecule has 1 aliphatic heterocycles. The Labute approximate surface area is 91.5 Å². The van der Waals surface area contributed by atoms with Crippen LogP contribution in [0.1, 0.15) is 26.2 Å². The number of nitrogens with zero attached hydrogens (tertiary/aromatic N) is 1. The zero-order valence-electron chi connectivity index (χ0n) is 9.70. The second-order valence-electron chi connectivity index (χ2n) is 3.86. The number of ether oxygens (including phenoxy) is 2. The van der Waals surface area contributed by atoms with E-state index in [-0.39, 0.29) is 12.0 Å². The number of carbonyl (C=O) groups excluding carboxylic acids is 1. The van der Waals surface area contributed by atoms with Crippen molar-refractivity contribution in [1.29, 1.82) is 0 Å². The first kappa shape index (κ1) is 12.5. The molecule has 88 valence electrons. The molecule has 1 unspecified atom stereocenters. The Morgan fingerprint density at radius 2 is 2.33 bits per heavy atom. The fraction of sp³-hybridized carbons (Fsp3) is 0.909. The van der Waals surface area contributed by atoms with Gasteiger partial charge in [0.15, 0.2) is 0 Å².